The average Bonchev–Trinajstić information content (AvgIpc) is 1.96. The Labute approximate surface area is 63.8 Å². The van der Waals surface area contributed by atoms with Gasteiger partial charge in [-0.1, -0.05) is 6.26 Å². The van der Waals surface area contributed by atoms with Gasteiger partial charge < -0.3 is 10.8 Å². The average molecular weight is 184 g/mol. The van der Waals surface area contributed by atoms with Gasteiger partial charge in [0.2, 0.25) is 0 Å². The standard InChI is InChI=1S/C5H7O.ClH.Zn/c1-2-4-6-5-3-1;;/h5H,1-2,4H2;1H;/q-1;;+2/p-1. The van der Waals surface area contributed by atoms with Crippen molar-refractivity contribution in [1.29, 1.82) is 0 Å². The van der Waals surface area contributed by atoms with Crippen LogP contribution in [0.1, 0.15) is 12.8 Å². The summed E-state index contributed by atoms with van der Waals surface area (Å²) in [6.07, 6.45) is 6.78. The van der Waals surface area contributed by atoms with E-state index < -0.39 is 0 Å². The Morgan fingerprint density at radius 2 is 2.38 bits per heavy atom. The Kier molecular flexibility index (Phi) is 7.88. The van der Waals surface area contributed by atoms with Crippen molar-refractivity contribution in [1.82, 2.24) is 0 Å². The molecule has 0 spiro atoms. The number of allylic oxidation sites excluding steroid dienone is 1. The van der Waals surface area contributed by atoms with Crippen LogP contribution in [0.3, 0.4) is 0 Å². The summed E-state index contributed by atoms with van der Waals surface area (Å²) in [5, 5.41) is 0. The number of hydrogen-bond donors (Lipinski definition) is 0. The van der Waals surface area contributed by atoms with Crippen LogP contribution < -0.4 is 0 Å². The van der Waals surface area contributed by atoms with Gasteiger partial charge in [0, 0.05) is 0 Å². The monoisotopic (exact) mass is 182 g/mol. The fourth-order valence-electron chi connectivity index (χ4n) is 0.434. The van der Waals surface area contributed by atoms with E-state index in [1.54, 1.807) is 6.26 Å². The van der Waals surface area contributed by atoms with Gasteiger partial charge in [-0.3, -0.25) is 0 Å². The summed E-state index contributed by atoms with van der Waals surface area (Å²) in [6, 6.07) is 0. The summed E-state index contributed by atoms with van der Waals surface area (Å²) in [5.74, 6) is 0. The van der Waals surface area contributed by atoms with Crippen LogP contribution in [0.5, 0.6) is 0 Å². The van der Waals surface area contributed by atoms with Crippen LogP contribution in [0.4, 0.5) is 0 Å². The molecule has 0 fully saturated rings. The molecule has 8 heavy (non-hydrogen) atoms. The van der Waals surface area contributed by atoms with Crippen LogP contribution in [0, 0.1) is 6.08 Å². The molecule has 0 aliphatic carbocycles. The van der Waals surface area contributed by atoms with Crippen molar-refractivity contribution in [2.75, 3.05) is 6.61 Å². The van der Waals surface area contributed by atoms with Crippen LogP contribution in [0.15, 0.2) is 6.26 Å². The first-order valence-electron chi connectivity index (χ1n) is 2.43. The second-order valence-electron chi connectivity index (χ2n) is 1.30. The van der Waals surface area contributed by atoms with Crippen LogP contribution in [0.2, 0.25) is 0 Å². The maximum absolute atomic E-state index is 4.83. The van der Waals surface area contributed by atoms with Crippen molar-refractivity contribution in [3.05, 3.63) is 12.3 Å². The van der Waals surface area contributed by atoms with E-state index >= 15 is 0 Å². The Bertz CT molecular complexity index is 57.4. The summed E-state index contributed by atoms with van der Waals surface area (Å²) in [6.45, 7) is 0.882. The van der Waals surface area contributed by atoms with E-state index in [1.165, 1.54) is 0 Å². The van der Waals surface area contributed by atoms with Crippen LogP contribution in [-0.4, -0.2) is 6.61 Å². The molecule has 0 N–H and O–H groups in total. The van der Waals surface area contributed by atoms with E-state index in [9.17, 15) is 0 Å². The number of rotatable bonds is 0. The molecular weight excluding hydrogens is 177 g/mol. The minimum atomic E-state index is 0.847. The van der Waals surface area contributed by atoms with Gasteiger partial charge >= 0.3 is 27.0 Å². The third-order valence-electron chi connectivity index (χ3n) is 0.750. The molecule has 0 saturated heterocycles. The van der Waals surface area contributed by atoms with Crippen molar-refractivity contribution in [2.24, 2.45) is 0 Å². The second-order valence-corrected chi connectivity index (χ2v) is 1.30. The number of ether oxygens (including phenoxy) is 1. The molecule has 0 amide bonds. The first-order chi connectivity index (χ1) is 4.00. The van der Waals surface area contributed by atoms with E-state index in [4.69, 9.17) is 14.4 Å². The molecule has 1 heterocycles. The molecule has 0 aromatic carbocycles. The molecule has 1 nitrogen and oxygen atoms in total. The maximum atomic E-state index is 4.83. The number of halogens is 1. The SMILES string of the molecule is [C-]1=COCCC1.[Cl][Zn+]. The normalized spacial score (nSPS) is 15.9. The van der Waals surface area contributed by atoms with Crippen LogP contribution in [0.25, 0.3) is 0 Å². The molecule has 3 heteroatoms. The fraction of sp³-hybridized carbons (Fsp3) is 0.600. The molecule has 0 aromatic rings. The Hall–Kier alpha value is 0.453. The molecule has 1 aliphatic rings. The van der Waals surface area contributed by atoms with E-state index in [0.29, 0.717) is 0 Å². The molecule has 42 valence electrons. The summed E-state index contributed by atoms with van der Waals surface area (Å²) < 4.78 is 4.83. The van der Waals surface area contributed by atoms with E-state index in [0.717, 1.165) is 36.8 Å². The topological polar surface area (TPSA) is 9.23 Å². The van der Waals surface area contributed by atoms with Crippen molar-refractivity contribution < 1.29 is 22.0 Å². The molecule has 0 aromatic heterocycles. The van der Waals surface area contributed by atoms with Crippen molar-refractivity contribution >= 4 is 9.69 Å². The van der Waals surface area contributed by atoms with Gasteiger partial charge in [0.25, 0.3) is 0 Å². The summed E-state index contributed by atoms with van der Waals surface area (Å²) in [4.78, 5) is 0. The third-order valence-corrected chi connectivity index (χ3v) is 0.750. The third kappa shape index (κ3) is 4.61. The zero-order valence-electron chi connectivity index (χ0n) is 4.69. The molecule has 0 bridgehead atoms. The van der Waals surface area contributed by atoms with Gasteiger partial charge in [0.15, 0.2) is 0 Å². The van der Waals surface area contributed by atoms with Crippen LogP contribution in [-0.2, 0) is 22.0 Å². The predicted octanol–water partition coefficient (Wildman–Crippen LogP) is 1.80. The van der Waals surface area contributed by atoms with E-state index in [1.807, 2.05) is 0 Å². The Morgan fingerprint density at radius 1 is 1.62 bits per heavy atom. The number of hydrogen-bond acceptors (Lipinski definition) is 1. The molecule has 0 saturated carbocycles. The van der Waals surface area contributed by atoms with Crippen molar-refractivity contribution in [2.45, 2.75) is 12.8 Å². The molecule has 1 rings (SSSR count). The Morgan fingerprint density at radius 3 is 2.50 bits per heavy atom. The van der Waals surface area contributed by atoms with Crippen molar-refractivity contribution in [3.8, 4) is 0 Å². The summed E-state index contributed by atoms with van der Waals surface area (Å²) >= 11 is 0.847. The minimum absolute atomic E-state index is 0.847. The van der Waals surface area contributed by atoms with Gasteiger partial charge in [-0.25, -0.2) is 0 Å². The summed E-state index contributed by atoms with van der Waals surface area (Å²) in [5.41, 5.74) is 0. The molecule has 1 aliphatic heterocycles. The molecule has 0 radical (unpaired) electrons. The van der Waals surface area contributed by atoms with E-state index in [2.05, 4.69) is 6.08 Å². The van der Waals surface area contributed by atoms with Gasteiger partial charge in [-0.05, 0) is 6.42 Å². The predicted molar refractivity (Wildman–Crippen MR) is 28.9 cm³/mol. The van der Waals surface area contributed by atoms with Gasteiger partial charge in [0.1, 0.15) is 0 Å². The molecular formula is C5H7ClOZn. The zero-order valence-corrected chi connectivity index (χ0v) is 8.42. The Balaban J connectivity index is 0.000000222. The quantitative estimate of drug-likeness (QED) is 0.412. The first-order valence-corrected chi connectivity index (χ1v) is 6.33. The summed E-state index contributed by atoms with van der Waals surface area (Å²) in [7, 11) is 4.76. The fourth-order valence-corrected chi connectivity index (χ4v) is 0.434. The van der Waals surface area contributed by atoms with Crippen LogP contribution >= 0.6 is 9.69 Å². The molecule has 0 unspecified atom stereocenters. The van der Waals surface area contributed by atoms with E-state index in [-0.39, 0.29) is 0 Å². The van der Waals surface area contributed by atoms with Gasteiger partial charge in [-0.15, -0.1) is 0 Å². The second kappa shape index (κ2) is 7.45. The zero-order chi connectivity index (χ0) is 6.24. The molecule has 0 atom stereocenters. The van der Waals surface area contributed by atoms with Crippen molar-refractivity contribution in [3.63, 3.8) is 0 Å². The van der Waals surface area contributed by atoms with Gasteiger partial charge in [0.05, 0.1) is 6.61 Å². The first kappa shape index (κ1) is 8.45. The van der Waals surface area contributed by atoms with Gasteiger partial charge in [-0.2, -0.15) is 6.42 Å².